The van der Waals surface area contributed by atoms with Crippen molar-refractivity contribution in [3.63, 3.8) is 0 Å². The van der Waals surface area contributed by atoms with Crippen LogP contribution in [0, 0.1) is 0 Å². The molecule has 1 N–H and O–H groups in total. The van der Waals surface area contributed by atoms with E-state index in [0.717, 1.165) is 13.0 Å². The van der Waals surface area contributed by atoms with Crippen molar-refractivity contribution in [3.8, 4) is 0 Å². The van der Waals surface area contributed by atoms with Crippen LogP contribution in [0.2, 0.25) is 0 Å². The molecule has 0 unspecified atom stereocenters. The van der Waals surface area contributed by atoms with Gasteiger partial charge in [-0.1, -0.05) is 5.16 Å². The zero-order chi connectivity index (χ0) is 12.2. The second-order valence-electron chi connectivity index (χ2n) is 3.02. The molecule has 0 amide bonds. The van der Waals surface area contributed by atoms with Gasteiger partial charge in [0.05, 0.1) is 11.3 Å². The summed E-state index contributed by atoms with van der Waals surface area (Å²) in [5.74, 6) is 0. The fourth-order valence-corrected chi connectivity index (χ4v) is 1.07. The van der Waals surface area contributed by atoms with E-state index in [1.807, 2.05) is 0 Å². The third-order valence-electron chi connectivity index (χ3n) is 1.86. The van der Waals surface area contributed by atoms with Gasteiger partial charge in [-0.2, -0.15) is 13.2 Å². The number of pyridine rings is 1. The van der Waals surface area contributed by atoms with E-state index >= 15 is 0 Å². The minimum Gasteiger partial charge on any atom is -0.411 e. The average Bonchev–Trinajstić information content (AvgIpc) is 2.25. The van der Waals surface area contributed by atoms with Crippen LogP contribution in [-0.2, 0) is 0 Å². The lowest BCUT2D eigenvalue weighted by Crippen LogP contribution is -2.18. The fraction of sp³-hybridized carbons (Fsp3) is 0.200. The van der Waals surface area contributed by atoms with Crippen molar-refractivity contribution < 1.29 is 18.4 Å². The summed E-state index contributed by atoms with van der Waals surface area (Å²) in [6.45, 7) is 1.08. The molecule has 1 aromatic heterocycles. The Balaban J connectivity index is 3.18. The lowest BCUT2D eigenvalue weighted by molar-refractivity contribution is -0.0854. The molecule has 6 heteroatoms. The van der Waals surface area contributed by atoms with Crippen molar-refractivity contribution in [3.05, 3.63) is 35.7 Å². The summed E-state index contributed by atoms with van der Waals surface area (Å²) in [5, 5.41) is 10.9. The molecule has 0 radical (unpaired) electrons. The van der Waals surface area contributed by atoms with Gasteiger partial charge in [0.15, 0.2) is 0 Å². The van der Waals surface area contributed by atoms with Gasteiger partial charge in [-0.3, -0.25) is 4.98 Å². The third-order valence-corrected chi connectivity index (χ3v) is 1.86. The first kappa shape index (κ1) is 12.2. The molecule has 3 nitrogen and oxygen atoms in total. The van der Waals surface area contributed by atoms with Gasteiger partial charge < -0.3 is 5.21 Å². The number of alkyl halides is 3. The van der Waals surface area contributed by atoms with Gasteiger partial charge in [0.1, 0.15) is 0 Å². The number of nitrogens with zero attached hydrogens (tertiary/aromatic N) is 2. The highest BCUT2D eigenvalue weighted by molar-refractivity contribution is 6.02. The first-order valence-electron chi connectivity index (χ1n) is 4.33. The Kier molecular flexibility index (Phi) is 3.65. The number of hydrogen-bond acceptors (Lipinski definition) is 3. The highest BCUT2D eigenvalue weighted by atomic mass is 19.4. The summed E-state index contributed by atoms with van der Waals surface area (Å²) in [6.07, 6.45) is -0.896. The van der Waals surface area contributed by atoms with E-state index in [1.54, 1.807) is 0 Å². The first-order chi connectivity index (χ1) is 7.45. The van der Waals surface area contributed by atoms with Gasteiger partial charge in [0.2, 0.25) is 0 Å². The molecular weight excluding hydrogens is 221 g/mol. The van der Waals surface area contributed by atoms with Crippen molar-refractivity contribution in [1.29, 1.82) is 0 Å². The maximum Gasteiger partial charge on any atom is 0.418 e. The summed E-state index contributed by atoms with van der Waals surface area (Å²) >= 11 is 0. The second kappa shape index (κ2) is 4.78. The zero-order valence-electron chi connectivity index (χ0n) is 8.36. The average molecular weight is 230 g/mol. The molecule has 16 heavy (non-hydrogen) atoms. The number of hydrogen-bond donors (Lipinski definition) is 1. The van der Waals surface area contributed by atoms with Gasteiger partial charge in [0.25, 0.3) is 0 Å². The summed E-state index contributed by atoms with van der Waals surface area (Å²) in [5.41, 5.74) is -1.13. The monoisotopic (exact) mass is 230 g/mol. The van der Waals surface area contributed by atoms with Gasteiger partial charge in [0, 0.05) is 12.4 Å². The molecule has 1 aromatic rings. The number of allylic oxidation sites excluding steroid dienone is 1. The topological polar surface area (TPSA) is 45.5 Å². The molecule has 0 aromatic carbocycles. The van der Waals surface area contributed by atoms with Crippen molar-refractivity contribution in [2.45, 2.75) is 13.1 Å². The lowest BCUT2D eigenvalue weighted by Gasteiger charge is -2.10. The number of rotatable bonds is 2. The van der Waals surface area contributed by atoms with Crippen molar-refractivity contribution in [1.82, 2.24) is 4.98 Å². The molecule has 0 spiro atoms. The Morgan fingerprint density at radius 2 is 1.94 bits per heavy atom. The third kappa shape index (κ3) is 3.08. The molecule has 0 atom stereocenters. The normalized spacial score (nSPS) is 14.0. The number of aromatic nitrogens is 1. The molecule has 0 bridgehead atoms. The molecule has 0 aliphatic heterocycles. The SMILES string of the molecule is CC(=NO)/C(=C\c1ccncc1)C(F)(F)F. The minimum absolute atomic E-state index is 0.338. The van der Waals surface area contributed by atoms with Crippen molar-refractivity contribution in [2.75, 3.05) is 0 Å². The molecule has 1 heterocycles. The lowest BCUT2D eigenvalue weighted by atomic mass is 10.1. The van der Waals surface area contributed by atoms with Crippen LogP contribution in [0.3, 0.4) is 0 Å². The molecule has 0 saturated heterocycles. The van der Waals surface area contributed by atoms with Gasteiger partial charge >= 0.3 is 6.18 Å². The van der Waals surface area contributed by atoms with E-state index in [-0.39, 0.29) is 0 Å². The largest absolute Gasteiger partial charge is 0.418 e. The van der Waals surface area contributed by atoms with E-state index in [9.17, 15) is 13.2 Å². The highest BCUT2D eigenvalue weighted by Gasteiger charge is 2.35. The molecule has 0 aliphatic rings. The zero-order valence-corrected chi connectivity index (χ0v) is 8.36. The molecule has 86 valence electrons. The Labute approximate surface area is 89.9 Å². The van der Waals surface area contributed by atoms with Gasteiger partial charge in [-0.25, -0.2) is 0 Å². The van der Waals surface area contributed by atoms with E-state index in [1.165, 1.54) is 24.5 Å². The second-order valence-corrected chi connectivity index (χ2v) is 3.02. The van der Waals surface area contributed by atoms with E-state index in [2.05, 4.69) is 10.1 Å². The summed E-state index contributed by atoms with van der Waals surface area (Å²) in [4.78, 5) is 3.69. The quantitative estimate of drug-likeness (QED) is 0.482. The molecule has 0 aliphatic carbocycles. The van der Waals surface area contributed by atoms with Crippen molar-refractivity contribution in [2.24, 2.45) is 5.16 Å². The summed E-state index contributed by atoms with van der Waals surface area (Å²) in [7, 11) is 0. The van der Waals surface area contributed by atoms with Crippen LogP contribution < -0.4 is 0 Å². The predicted octanol–water partition coefficient (Wildman–Crippen LogP) is 2.88. The van der Waals surface area contributed by atoms with E-state index in [0.29, 0.717) is 5.56 Å². The van der Waals surface area contributed by atoms with Crippen LogP contribution in [0.1, 0.15) is 12.5 Å². The first-order valence-corrected chi connectivity index (χ1v) is 4.33. The van der Waals surface area contributed by atoms with E-state index < -0.39 is 17.5 Å². The van der Waals surface area contributed by atoms with Gasteiger partial charge in [-0.15, -0.1) is 0 Å². The molecule has 0 fully saturated rings. The standard InChI is InChI=1S/C10H9F3N2O/c1-7(15-16)9(10(11,12)13)6-8-2-4-14-5-3-8/h2-6,16H,1H3/b9-6+,15-7?. The van der Waals surface area contributed by atoms with Crippen LogP contribution in [0.5, 0.6) is 0 Å². The highest BCUT2D eigenvalue weighted by Crippen LogP contribution is 2.28. The number of oxime groups is 1. The Hall–Kier alpha value is -1.85. The van der Waals surface area contributed by atoms with Crippen molar-refractivity contribution >= 4 is 11.8 Å². The predicted molar refractivity (Wildman–Crippen MR) is 53.2 cm³/mol. The molecule has 1 rings (SSSR count). The summed E-state index contributed by atoms with van der Waals surface area (Å²) < 4.78 is 37.7. The Morgan fingerprint density at radius 1 is 1.38 bits per heavy atom. The Bertz CT molecular complexity index is 410. The maximum atomic E-state index is 12.6. The van der Waals surface area contributed by atoms with Crippen LogP contribution >= 0.6 is 0 Å². The minimum atomic E-state index is -4.56. The number of halogens is 3. The fourth-order valence-electron chi connectivity index (χ4n) is 1.07. The van der Waals surface area contributed by atoms with Crippen LogP contribution in [-0.4, -0.2) is 22.1 Å². The Morgan fingerprint density at radius 3 is 2.38 bits per heavy atom. The summed E-state index contributed by atoms with van der Waals surface area (Å²) in [6, 6.07) is 2.85. The smallest absolute Gasteiger partial charge is 0.411 e. The van der Waals surface area contributed by atoms with Crippen LogP contribution in [0.4, 0.5) is 13.2 Å². The molecule has 0 saturated carbocycles. The van der Waals surface area contributed by atoms with E-state index in [4.69, 9.17) is 5.21 Å². The molecular formula is C10H9F3N2O. The van der Waals surface area contributed by atoms with Gasteiger partial charge in [-0.05, 0) is 30.7 Å². The maximum absolute atomic E-state index is 12.6. The van der Waals surface area contributed by atoms with Crippen LogP contribution in [0.25, 0.3) is 6.08 Å². The van der Waals surface area contributed by atoms with Crippen LogP contribution in [0.15, 0.2) is 35.3 Å².